The van der Waals surface area contributed by atoms with Gasteiger partial charge in [0, 0.05) is 37.1 Å². The van der Waals surface area contributed by atoms with Gasteiger partial charge in [-0.1, -0.05) is 32.0 Å². The summed E-state index contributed by atoms with van der Waals surface area (Å²) in [4.78, 5) is 28.5. The zero-order valence-electron chi connectivity index (χ0n) is 16.6. The number of rotatable bonds is 4. The number of para-hydroxylation sites is 1. The predicted molar refractivity (Wildman–Crippen MR) is 118 cm³/mol. The molecule has 1 N–H and O–H groups in total. The van der Waals surface area contributed by atoms with Crippen LogP contribution in [0.2, 0.25) is 0 Å². The van der Waals surface area contributed by atoms with Gasteiger partial charge in [-0.3, -0.25) is 9.78 Å². The summed E-state index contributed by atoms with van der Waals surface area (Å²) in [5, 5.41) is 4.29. The van der Waals surface area contributed by atoms with Crippen LogP contribution < -0.4 is 5.32 Å². The fraction of sp³-hybridized carbons (Fsp3) is 0.364. The average molecular weight is 454 g/mol. The Bertz CT molecular complexity index is 1020. The van der Waals surface area contributed by atoms with E-state index in [4.69, 9.17) is 0 Å². The standard InChI is InChI=1S/C22H24BrN5O/c1-22(2)8-5-9-28(19(22)14-27-21-25-12-17(23)13-26-21)20(29)16-10-15-6-3-4-7-18(15)24-11-16/h3-4,6-7,10-13,19H,5,8-9,14H2,1-2H3,(H,25,26,27). The van der Waals surface area contributed by atoms with E-state index in [-0.39, 0.29) is 17.4 Å². The highest BCUT2D eigenvalue weighted by Crippen LogP contribution is 2.36. The summed E-state index contributed by atoms with van der Waals surface area (Å²) in [6.07, 6.45) is 7.18. The summed E-state index contributed by atoms with van der Waals surface area (Å²) in [6.45, 7) is 5.78. The number of piperidine rings is 1. The highest BCUT2D eigenvalue weighted by molar-refractivity contribution is 9.10. The van der Waals surface area contributed by atoms with Crippen LogP contribution in [-0.4, -0.2) is 44.9 Å². The van der Waals surface area contributed by atoms with E-state index >= 15 is 0 Å². The number of amides is 1. The normalized spacial score (nSPS) is 18.6. The maximum absolute atomic E-state index is 13.4. The summed E-state index contributed by atoms with van der Waals surface area (Å²) in [5.41, 5.74) is 1.51. The van der Waals surface area contributed by atoms with Crippen molar-refractivity contribution < 1.29 is 4.79 Å². The van der Waals surface area contributed by atoms with E-state index in [1.807, 2.05) is 35.2 Å². The second-order valence-corrected chi connectivity index (χ2v) is 9.04. The number of carbonyl (C=O) groups is 1. The van der Waals surface area contributed by atoms with Crippen LogP contribution in [0.3, 0.4) is 0 Å². The van der Waals surface area contributed by atoms with Gasteiger partial charge in [0.2, 0.25) is 5.95 Å². The maximum Gasteiger partial charge on any atom is 0.255 e. The number of nitrogens with one attached hydrogen (secondary N) is 1. The average Bonchev–Trinajstić information content (AvgIpc) is 2.72. The monoisotopic (exact) mass is 453 g/mol. The van der Waals surface area contributed by atoms with Gasteiger partial charge in [0.1, 0.15) is 0 Å². The number of carbonyl (C=O) groups excluding carboxylic acids is 1. The summed E-state index contributed by atoms with van der Waals surface area (Å²) in [7, 11) is 0. The van der Waals surface area contributed by atoms with Crippen LogP contribution in [0.15, 0.2) is 53.4 Å². The van der Waals surface area contributed by atoms with Crippen molar-refractivity contribution in [2.75, 3.05) is 18.4 Å². The van der Waals surface area contributed by atoms with E-state index in [1.165, 1.54) is 0 Å². The summed E-state index contributed by atoms with van der Waals surface area (Å²) in [5.74, 6) is 0.592. The quantitative estimate of drug-likeness (QED) is 0.627. The van der Waals surface area contributed by atoms with Crippen molar-refractivity contribution in [3.63, 3.8) is 0 Å². The van der Waals surface area contributed by atoms with E-state index in [2.05, 4.69) is 50.0 Å². The molecule has 1 saturated heterocycles. The molecule has 0 bridgehead atoms. The molecule has 1 aliphatic heterocycles. The number of likely N-dealkylation sites (tertiary alicyclic amines) is 1. The molecule has 1 atom stereocenters. The number of benzene rings is 1. The van der Waals surface area contributed by atoms with Gasteiger partial charge in [-0.2, -0.15) is 0 Å². The Kier molecular flexibility index (Phi) is 5.50. The number of pyridine rings is 1. The molecular formula is C22H24BrN5O. The first-order chi connectivity index (χ1) is 13.9. The van der Waals surface area contributed by atoms with Gasteiger partial charge in [0.15, 0.2) is 0 Å². The van der Waals surface area contributed by atoms with E-state index < -0.39 is 0 Å². The van der Waals surface area contributed by atoms with Gasteiger partial charge in [-0.15, -0.1) is 0 Å². The lowest BCUT2D eigenvalue weighted by molar-refractivity contribution is 0.0319. The Morgan fingerprint density at radius 2 is 1.97 bits per heavy atom. The molecule has 2 aromatic heterocycles. The first kappa shape index (κ1) is 19.8. The number of aromatic nitrogens is 3. The molecule has 1 aromatic carbocycles. The number of hydrogen-bond acceptors (Lipinski definition) is 5. The lowest BCUT2D eigenvalue weighted by Crippen LogP contribution is -2.55. The van der Waals surface area contributed by atoms with Gasteiger partial charge in [-0.05, 0) is 46.3 Å². The second-order valence-electron chi connectivity index (χ2n) is 8.13. The van der Waals surface area contributed by atoms with Gasteiger partial charge >= 0.3 is 0 Å². The molecule has 0 spiro atoms. The van der Waals surface area contributed by atoms with Crippen molar-refractivity contribution in [2.24, 2.45) is 5.41 Å². The highest BCUT2D eigenvalue weighted by Gasteiger charge is 2.40. The fourth-order valence-electron chi connectivity index (χ4n) is 4.02. The Morgan fingerprint density at radius 1 is 1.21 bits per heavy atom. The van der Waals surface area contributed by atoms with E-state index in [0.29, 0.717) is 18.1 Å². The van der Waals surface area contributed by atoms with E-state index in [1.54, 1.807) is 18.6 Å². The van der Waals surface area contributed by atoms with Crippen LogP contribution in [0.1, 0.15) is 37.0 Å². The smallest absolute Gasteiger partial charge is 0.255 e. The van der Waals surface area contributed by atoms with Crippen LogP contribution in [0, 0.1) is 5.41 Å². The maximum atomic E-state index is 13.4. The number of hydrogen-bond donors (Lipinski definition) is 1. The third-order valence-electron chi connectivity index (χ3n) is 5.67. The van der Waals surface area contributed by atoms with E-state index in [0.717, 1.165) is 34.8 Å². The van der Waals surface area contributed by atoms with Crippen molar-refractivity contribution in [1.29, 1.82) is 0 Å². The van der Waals surface area contributed by atoms with Gasteiger partial charge in [-0.25, -0.2) is 9.97 Å². The number of fused-ring (bicyclic) bond motifs is 1. The van der Waals surface area contributed by atoms with Crippen molar-refractivity contribution in [3.8, 4) is 0 Å². The molecule has 1 amide bonds. The number of anilines is 1. The van der Waals surface area contributed by atoms with Crippen LogP contribution in [0.25, 0.3) is 10.9 Å². The summed E-state index contributed by atoms with van der Waals surface area (Å²) >= 11 is 3.35. The molecule has 7 heteroatoms. The molecule has 0 aliphatic carbocycles. The molecule has 3 heterocycles. The third kappa shape index (κ3) is 4.24. The second kappa shape index (κ2) is 8.06. The van der Waals surface area contributed by atoms with Gasteiger partial charge in [0.25, 0.3) is 5.91 Å². The van der Waals surface area contributed by atoms with Crippen LogP contribution in [-0.2, 0) is 0 Å². The van der Waals surface area contributed by atoms with Gasteiger partial charge in [0.05, 0.1) is 21.6 Å². The molecular weight excluding hydrogens is 430 g/mol. The zero-order valence-corrected chi connectivity index (χ0v) is 18.2. The van der Waals surface area contributed by atoms with Crippen molar-refractivity contribution in [1.82, 2.24) is 19.9 Å². The fourth-order valence-corrected chi connectivity index (χ4v) is 4.23. The number of halogens is 1. The van der Waals surface area contributed by atoms with Crippen LogP contribution >= 0.6 is 15.9 Å². The van der Waals surface area contributed by atoms with Gasteiger partial charge < -0.3 is 10.2 Å². The van der Waals surface area contributed by atoms with Crippen molar-refractivity contribution in [2.45, 2.75) is 32.7 Å². The third-order valence-corrected chi connectivity index (χ3v) is 6.08. The topological polar surface area (TPSA) is 71.0 Å². The SMILES string of the molecule is CC1(C)CCCN(C(=O)c2cnc3ccccc3c2)C1CNc1ncc(Br)cn1. The van der Waals surface area contributed by atoms with E-state index in [9.17, 15) is 4.79 Å². The first-order valence-corrected chi connectivity index (χ1v) is 10.6. The Labute approximate surface area is 178 Å². The Morgan fingerprint density at radius 3 is 2.76 bits per heavy atom. The lowest BCUT2D eigenvalue weighted by Gasteiger charge is -2.46. The Balaban J connectivity index is 1.58. The molecule has 1 unspecified atom stereocenters. The Hall–Kier alpha value is -2.54. The molecule has 6 nitrogen and oxygen atoms in total. The molecule has 150 valence electrons. The largest absolute Gasteiger partial charge is 0.352 e. The molecule has 4 rings (SSSR count). The van der Waals surface area contributed by atoms with Crippen LogP contribution in [0.5, 0.6) is 0 Å². The first-order valence-electron chi connectivity index (χ1n) is 9.81. The molecule has 1 aliphatic rings. The number of nitrogens with zero attached hydrogens (tertiary/aromatic N) is 4. The molecule has 0 saturated carbocycles. The molecule has 1 fully saturated rings. The minimum atomic E-state index is -0.0133. The lowest BCUT2D eigenvalue weighted by atomic mass is 9.76. The molecule has 3 aromatic rings. The highest BCUT2D eigenvalue weighted by atomic mass is 79.9. The molecule has 0 radical (unpaired) electrons. The zero-order chi connectivity index (χ0) is 20.4. The van der Waals surface area contributed by atoms with Crippen molar-refractivity contribution >= 4 is 38.7 Å². The van der Waals surface area contributed by atoms with Crippen molar-refractivity contribution in [3.05, 3.63) is 59.0 Å². The summed E-state index contributed by atoms with van der Waals surface area (Å²) in [6, 6.07) is 9.84. The summed E-state index contributed by atoms with van der Waals surface area (Å²) < 4.78 is 0.835. The predicted octanol–water partition coefficient (Wildman–Crippen LogP) is 4.53. The van der Waals surface area contributed by atoms with Crippen LogP contribution in [0.4, 0.5) is 5.95 Å². The minimum absolute atomic E-state index is 0.0133. The minimum Gasteiger partial charge on any atom is -0.352 e. The molecule has 29 heavy (non-hydrogen) atoms.